The van der Waals surface area contributed by atoms with Gasteiger partial charge in [-0.3, -0.25) is 0 Å². The third kappa shape index (κ3) is 3.57. The van der Waals surface area contributed by atoms with Gasteiger partial charge in [0.1, 0.15) is 0 Å². The molecule has 2 aromatic rings. The van der Waals surface area contributed by atoms with Crippen molar-refractivity contribution >= 4 is 11.4 Å². The fraction of sp³-hybridized carbons (Fsp3) is 0.368. The quantitative estimate of drug-likeness (QED) is 0.881. The lowest BCUT2D eigenvalue weighted by molar-refractivity contribution is 1.09. The largest absolute Gasteiger partial charge is 0.381 e. The zero-order chi connectivity index (χ0) is 15.6. The van der Waals surface area contributed by atoms with E-state index in [-0.39, 0.29) is 0 Å². The molecule has 0 heterocycles. The van der Waals surface area contributed by atoms with Crippen molar-refractivity contribution in [3.05, 3.63) is 58.1 Å². The Morgan fingerprint density at radius 2 is 1.48 bits per heavy atom. The SMILES string of the molecule is Cc1cc(C)c(CNc2ccc(C)c(N(C)C)c2)cc1C. The predicted molar refractivity (Wildman–Crippen MR) is 93.5 cm³/mol. The Kier molecular flexibility index (Phi) is 4.56. The Labute approximate surface area is 128 Å². The Bertz CT molecular complexity index is 642. The van der Waals surface area contributed by atoms with Gasteiger partial charge in [-0.2, -0.15) is 0 Å². The van der Waals surface area contributed by atoms with Crippen molar-refractivity contribution in [3.8, 4) is 0 Å². The molecular formula is C19H26N2. The molecule has 0 bridgehead atoms. The van der Waals surface area contributed by atoms with Gasteiger partial charge >= 0.3 is 0 Å². The first-order valence-corrected chi connectivity index (χ1v) is 7.47. The minimum absolute atomic E-state index is 0.864. The van der Waals surface area contributed by atoms with Crippen molar-refractivity contribution in [2.75, 3.05) is 24.3 Å². The van der Waals surface area contributed by atoms with Gasteiger partial charge in [-0.05, 0) is 67.6 Å². The number of hydrogen-bond donors (Lipinski definition) is 1. The molecule has 0 saturated carbocycles. The second-order valence-electron chi connectivity index (χ2n) is 6.11. The average molecular weight is 282 g/mol. The van der Waals surface area contributed by atoms with Crippen molar-refractivity contribution in [1.29, 1.82) is 0 Å². The van der Waals surface area contributed by atoms with Crippen LogP contribution in [0.4, 0.5) is 11.4 Å². The van der Waals surface area contributed by atoms with Crippen molar-refractivity contribution in [2.24, 2.45) is 0 Å². The highest BCUT2D eigenvalue weighted by Gasteiger charge is 2.04. The van der Waals surface area contributed by atoms with Gasteiger partial charge in [-0.1, -0.05) is 18.2 Å². The van der Waals surface area contributed by atoms with Gasteiger partial charge in [0, 0.05) is 32.0 Å². The van der Waals surface area contributed by atoms with E-state index in [0.29, 0.717) is 0 Å². The van der Waals surface area contributed by atoms with Crippen LogP contribution in [0.1, 0.15) is 27.8 Å². The molecule has 2 heteroatoms. The summed E-state index contributed by atoms with van der Waals surface area (Å²) in [7, 11) is 4.17. The predicted octanol–water partition coefficient (Wildman–Crippen LogP) is 4.60. The molecule has 112 valence electrons. The molecule has 0 aromatic heterocycles. The van der Waals surface area contributed by atoms with Crippen molar-refractivity contribution in [3.63, 3.8) is 0 Å². The monoisotopic (exact) mass is 282 g/mol. The lowest BCUT2D eigenvalue weighted by atomic mass is 10.0. The smallest absolute Gasteiger partial charge is 0.0411 e. The number of hydrogen-bond acceptors (Lipinski definition) is 2. The summed E-state index contributed by atoms with van der Waals surface area (Å²) in [6, 6.07) is 11.1. The van der Waals surface area contributed by atoms with E-state index in [2.05, 4.69) is 82.3 Å². The van der Waals surface area contributed by atoms with Crippen LogP contribution in [0.25, 0.3) is 0 Å². The number of benzene rings is 2. The van der Waals surface area contributed by atoms with Gasteiger partial charge in [0.05, 0.1) is 0 Å². The zero-order valence-corrected chi connectivity index (χ0v) is 14.0. The van der Waals surface area contributed by atoms with E-state index >= 15 is 0 Å². The lowest BCUT2D eigenvalue weighted by Crippen LogP contribution is -2.11. The molecule has 0 radical (unpaired) electrons. The zero-order valence-electron chi connectivity index (χ0n) is 14.0. The molecule has 2 aromatic carbocycles. The number of aryl methyl sites for hydroxylation is 4. The van der Waals surface area contributed by atoms with Crippen LogP contribution >= 0.6 is 0 Å². The topological polar surface area (TPSA) is 15.3 Å². The first-order valence-electron chi connectivity index (χ1n) is 7.47. The summed E-state index contributed by atoms with van der Waals surface area (Å²) in [5.41, 5.74) is 9.17. The second-order valence-corrected chi connectivity index (χ2v) is 6.11. The van der Waals surface area contributed by atoms with Gasteiger partial charge in [-0.15, -0.1) is 0 Å². The minimum Gasteiger partial charge on any atom is -0.381 e. The van der Waals surface area contributed by atoms with Crippen molar-refractivity contribution in [1.82, 2.24) is 0 Å². The molecule has 0 atom stereocenters. The molecule has 0 unspecified atom stereocenters. The van der Waals surface area contributed by atoms with E-state index in [1.165, 1.54) is 39.2 Å². The van der Waals surface area contributed by atoms with Gasteiger partial charge in [-0.25, -0.2) is 0 Å². The van der Waals surface area contributed by atoms with Crippen LogP contribution in [0, 0.1) is 27.7 Å². The molecule has 0 saturated heterocycles. The van der Waals surface area contributed by atoms with Crippen LogP contribution in [-0.4, -0.2) is 14.1 Å². The summed E-state index contributed by atoms with van der Waals surface area (Å²) < 4.78 is 0. The van der Waals surface area contributed by atoms with E-state index in [9.17, 15) is 0 Å². The third-order valence-electron chi connectivity index (χ3n) is 4.13. The van der Waals surface area contributed by atoms with E-state index in [1.807, 2.05) is 0 Å². The van der Waals surface area contributed by atoms with E-state index < -0.39 is 0 Å². The molecule has 0 aliphatic heterocycles. The Balaban J connectivity index is 2.17. The van der Waals surface area contributed by atoms with Gasteiger partial charge in [0.15, 0.2) is 0 Å². The molecule has 0 aliphatic carbocycles. The molecule has 0 amide bonds. The van der Waals surface area contributed by atoms with Crippen LogP contribution in [0.2, 0.25) is 0 Å². The molecule has 2 rings (SSSR count). The Morgan fingerprint density at radius 3 is 2.14 bits per heavy atom. The molecular weight excluding hydrogens is 256 g/mol. The molecule has 0 aliphatic rings. The van der Waals surface area contributed by atoms with Crippen LogP contribution in [-0.2, 0) is 6.54 Å². The van der Waals surface area contributed by atoms with Crippen molar-refractivity contribution in [2.45, 2.75) is 34.2 Å². The van der Waals surface area contributed by atoms with Crippen LogP contribution < -0.4 is 10.2 Å². The highest BCUT2D eigenvalue weighted by molar-refractivity contribution is 5.62. The number of nitrogens with zero attached hydrogens (tertiary/aromatic N) is 1. The average Bonchev–Trinajstić information content (AvgIpc) is 2.42. The number of anilines is 2. The summed E-state index contributed by atoms with van der Waals surface area (Å²) in [4.78, 5) is 2.15. The van der Waals surface area contributed by atoms with Gasteiger partial charge in [0.2, 0.25) is 0 Å². The Morgan fingerprint density at radius 1 is 0.810 bits per heavy atom. The third-order valence-corrected chi connectivity index (χ3v) is 4.13. The summed E-state index contributed by atoms with van der Waals surface area (Å²) >= 11 is 0. The first-order chi connectivity index (χ1) is 9.88. The molecule has 21 heavy (non-hydrogen) atoms. The second kappa shape index (κ2) is 6.21. The van der Waals surface area contributed by atoms with Gasteiger partial charge in [0.25, 0.3) is 0 Å². The van der Waals surface area contributed by atoms with E-state index in [1.54, 1.807) is 0 Å². The number of rotatable bonds is 4. The molecule has 0 spiro atoms. The highest BCUT2D eigenvalue weighted by Crippen LogP contribution is 2.23. The van der Waals surface area contributed by atoms with Gasteiger partial charge < -0.3 is 10.2 Å². The standard InChI is InChI=1S/C19H26N2/c1-13-7-8-18(11-19(13)21(5)6)20-12-17-10-15(3)14(2)9-16(17)4/h7-11,20H,12H2,1-6H3. The van der Waals surface area contributed by atoms with Crippen LogP contribution in [0.5, 0.6) is 0 Å². The summed E-state index contributed by atoms with van der Waals surface area (Å²) in [6.45, 7) is 9.54. The lowest BCUT2D eigenvalue weighted by Gasteiger charge is -2.18. The number of nitrogens with one attached hydrogen (secondary N) is 1. The summed E-state index contributed by atoms with van der Waals surface area (Å²) in [5, 5.41) is 3.54. The maximum absolute atomic E-state index is 3.54. The summed E-state index contributed by atoms with van der Waals surface area (Å²) in [5.74, 6) is 0. The molecule has 2 nitrogen and oxygen atoms in total. The first kappa shape index (κ1) is 15.4. The van der Waals surface area contributed by atoms with Crippen LogP contribution in [0.15, 0.2) is 30.3 Å². The molecule has 1 N–H and O–H groups in total. The normalized spacial score (nSPS) is 10.6. The fourth-order valence-corrected chi connectivity index (χ4v) is 2.61. The van der Waals surface area contributed by atoms with E-state index in [4.69, 9.17) is 0 Å². The van der Waals surface area contributed by atoms with Crippen LogP contribution in [0.3, 0.4) is 0 Å². The van der Waals surface area contributed by atoms with Crippen molar-refractivity contribution < 1.29 is 0 Å². The van der Waals surface area contributed by atoms with E-state index in [0.717, 1.165) is 6.54 Å². The fourth-order valence-electron chi connectivity index (χ4n) is 2.61. The highest BCUT2D eigenvalue weighted by atomic mass is 15.1. The minimum atomic E-state index is 0.864. The maximum atomic E-state index is 3.54. The Hall–Kier alpha value is -1.96. The summed E-state index contributed by atoms with van der Waals surface area (Å²) in [6.07, 6.45) is 0. The molecule has 0 fully saturated rings. The maximum Gasteiger partial charge on any atom is 0.0411 e.